The third-order valence-electron chi connectivity index (χ3n) is 3.17. The van der Waals surface area contributed by atoms with Gasteiger partial charge in [0.1, 0.15) is 0 Å². The van der Waals surface area contributed by atoms with E-state index >= 15 is 0 Å². The van der Waals surface area contributed by atoms with Crippen LogP contribution in [0.5, 0.6) is 0 Å². The largest absolute Gasteiger partial charge is 0.388 e. The van der Waals surface area contributed by atoms with Crippen molar-refractivity contribution in [1.82, 2.24) is 0 Å². The highest BCUT2D eigenvalue weighted by atomic mass is 35.5. The maximum Gasteiger partial charge on any atom is 0.0872 e. The van der Waals surface area contributed by atoms with E-state index in [1.807, 2.05) is 18.2 Å². The highest BCUT2D eigenvalue weighted by Crippen LogP contribution is 2.35. The Morgan fingerprint density at radius 1 is 1.00 bits per heavy atom. The van der Waals surface area contributed by atoms with E-state index in [1.54, 1.807) is 24.3 Å². The molecule has 0 aliphatic heterocycles. The summed E-state index contributed by atoms with van der Waals surface area (Å²) in [7, 11) is 0. The molecule has 0 aliphatic rings. The average molecular weight is 331 g/mol. The molecule has 0 bridgehead atoms. The van der Waals surface area contributed by atoms with Crippen LogP contribution in [-0.2, 0) is 0 Å². The van der Waals surface area contributed by atoms with Gasteiger partial charge in [-0.3, -0.25) is 0 Å². The zero-order chi connectivity index (χ0) is 14.7. The van der Waals surface area contributed by atoms with Crippen LogP contribution in [0.15, 0.2) is 42.5 Å². The Kier molecular flexibility index (Phi) is 5.30. The Morgan fingerprint density at radius 2 is 1.60 bits per heavy atom. The summed E-state index contributed by atoms with van der Waals surface area (Å²) in [4.78, 5) is 0. The smallest absolute Gasteiger partial charge is 0.0872 e. The van der Waals surface area contributed by atoms with Crippen molar-refractivity contribution in [3.63, 3.8) is 0 Å². The molecule has 0 saturated carbocycles. The Labute approximate surface area is 133 Å². The number of nitrogens with two attached hydrogens (primary N) is 1. The second-order valence-electron chi connectivity index (χ2n) is 4.51. The molecule has 2 aromatic carbocycles. The van der Waals surface area contributed by atoms with E-state index in [2.05, 4.69) is 0 Å². The number of benzene rings is 2. The lowest BCUT2D eigenvalue weighted by atomic mass is 9.89. The van der Waals surface area contributed by atoms with Crippen LogP contribution >= 0.6 is 34.8 Å². The molecule has 2 nitrogen and oxygen atoms in total. The summed E-state index contributed by atoms with van der Waals surface area (Å²) in [5.41, 5.74) is 7.23. The van der Waals surface area contributed by atoms with Crippen molar-refractivity contribution in [3.05, 3.63) is 68.7 Å². The fraction of sp³-hybridized carbons (Fsp3) is 0.200. The maximum atomic E-state index is 10.6. The highest BCUT2D eigenvalue weighted by molar-refractivity contribution is 6.34. The van der Waals surface area contributed by atoms with Gasteiger partial charge in [0.2, 0.25) is 0 Å². The molecule has 2 unspecified atom stereocenters. The fourth-order valence-corrected chi connectivity index (χ4v) is 3.00. The van der Waals surface area contributed by atoms with Crippen LogP contribution in [0.25, 0.3) is 0 Å². The standard InChI is InChI=1S/C15H14Cl3NO/c16-10-5-9(6-11(17)7-10)15(20)13(8-19)12-3-1-2-4-14(12)18/h1-7,13,15,20H,8,19H2. The molecular formula is C15H14Cl3NO. The molecule has 0 fully saturated rings. The predicted octanol–water partition coefficient (Wildman–Crippen LogP) is 4.42. The fourth-order valence-electron chi connectivity index (χ4n) is 2.18. The molecule has 0 aliphatic carbocycles. The van der Waals surface area contributed by atoms with Gasteiger partial charge < -0.3 is 10.8 Å². The van der Waals surface area contributed by atoms with Crippen molar-refractivity contribution in [2.75, 3.05) is 6.54 Å². The van der Waals surface area contributed by atoms with Crippen LogP contribution in [0.1, 0.15) is 23.1 Å². The molecule has 0 saturated heterocycles. The van der Waals surface area contributed by atoms with Crippen LogP contribution in [0.2, 0.25) is 15.1 Å². The van der Waals surface area contributed by atoms with Crippen molar-refractivity contribution in [2.45, 2.75) is 12.0 Å². The second-order valence-corrected chi connectivity index (χ2v) is 5.79. The van der Waals surface area contributed by atoms with Gasteiger partial charge in [0, 0.05) is 27.5 Å². The molecule has 0 radical (unpaired) electrons. The van der Waals surface area contributed by atoms with Gasteiger partial charge in [-0.1, -0.05) is 53.0 Å². The van der Waals surface area contributed by atoms with Gasteiger partial charge in [-0.2, -0.15) is 0 Å². The second kappa shape index (κ2) is 6.79. The maximum absolute atomic E-state index is 10.6. The third kappa shape index (κ3) is 3.46. The Balaban J connectivity index is 2.39. The van der Waals surface area contributed by atoms with E-state index in [-0.39, 0.29) is 12.5 Å². The van der Waals surface area contributed by atoms with Gasteiger partial charge in [-0.15, -0.1) is 0 Å². The minimum Gasteiger partial charge on any atom is -0.388 e. The summed E-state index contributed by atoms with van der Waals surface area (Å²) >= 11 is 18.1. The lowest BCUT2D eigenvalue weighted by Gasteiger charge is -2.23. The Hall–Kier alpha value is -0.770. The molecule has 20 heavy (non-hydrogen) atoms. The molecule has 106 valence electrons. The number of hydrogen-bond donors (Lipinski definition) is 2. The first kappa shape index (κ1) is 15.6. The van der Waals surface area contributed by atoms with E-state index in [9.17, 15) is 5.11 Å². The summed E-state index contributed by atoms with van der Waals surface area (Å²) in [6.45, 7) is 0.259. The summed E-state index contributed by atoms with van der Waals surface area (Å²) in [5.74, 6) is -0.321. The van der Waals surface area contributed by atoms with Crippen LogP contribution < -0.4 is 5.73 Å². The number of hydrogen-bond acceptors (Lipinski definition) is 2. The van der Waals surface area contributed by atoms with Crippen LogP contribution in [0, 0.1) is 0 Å². The number of aliphatic hydroxyl groups is 1. The minimum absolute atomic E-state index is 0.259. The number of aliphatic hydroxyl groups excluding tert-OH is 1. The highest BCUT2D eigenvalue weighted by Gasteiger charge is 2.23. The molecule has 0 aromatic heterocycles. The van der Waals surface area contributed by atoms with E-state index < -0.39 is 6.10 Å². The van der Waals surface area contributed by atoms with Gasteiger partial charge >= 0.3 is 0 Å². The normalized spacial score (nSPS) is 14.1. The summed E-state index contributed by atoms with van der Waals surface area (Å²) in [6.07, 6.45) is -0.823. The first-order valence-electron chi connectivity index (χ1n) is 6.11. The lowest BCUT2D eigenvalue weighted by Crippen LogP contribution is -2.20. The van der Waals surface area contributed by atoms with Crippen molar-refractivity contribution >= 4 is 34.8 Å². The molecule has 0 spiro atoms. The molecule has 3 N–H and O–H groups in total. The van der Waals surface area contributed by atoms with Crippen LogP contribution in [0.3, 0.4) is 0 Å². The van der Waals surface area contributed by atoms with E-state index in [1.165, 1.54) is 0 Å². The van der Waals surface area contributed by atoms with Crippen molar-refractivity contribution in [1.29, 1.82) is 0 Å². The van der Waals surface area contributed by atoms with Gasteiger partial charge in [0.25, 0.3) is 0 Å². The van der Waals surface area contributed by atoms with Crippen molar-refractivity contribution < 1.29 is 5.11 Å². The monoisotopic (exact) mass is 329 g/mol. The zero-order valence-electron chi connectivity index (χ0n) is 10.6. The van der Waals surface area contributed by atoms with Crippen molar-refractivity contribution in [2.24, 2.45) is 5.73 Å². The minimum atomic E-state index is -0.823. The Bertz CT molecular complexity index is 583. The van der Waals surface area contributed by atoms with E-state index in [0.29, 0.717) is 20.6 Å². The van der Waals surface area contributed by atoms with Gasteiger partial charge in [-0.25, -0.2) is 0 Å². The molecular weight excluding hydrogens is 317 g/mol. The molecule has 2 aromatic rings. The quantitative estimate of drug-likeness (QED) is 0.871. The van der Waals surface area contributed by atoms with Gasteiger partial charge in [-0.05, 0) is 35.4 Å². The first-order valence-corrected chi connectivity index (χ1v) is 7.25. The summed E-state index contributed by atoms with van der Waals surface area (Å²) < 4.78 is 0. The topological polar surface area (TPSA) is 46.2 Å². The van der Waals surface area contributed by atoms with Crippen molar-refractivity contribution in [3.8, 4) is 0 Å². The molecule has 5 heteroatoms. The summed E-state index contributed by atoms with van der Waals surface area (Å²) in [5, 5.41) is 12.1. The molecule has 0 amide bonds. The predicted molar refractivity (Wildman–Crippen MR) is 84.7 cm³/mol. The van der Waals surface area contributed by atoms with E-state index in [0.717, 1.165) is 5.56 Å². The molecule has 2 rings (SSSR count). The Morgan fingerprint density at radius 3 is 2.15 bits per heavy atom. The zero-order valence-corrected chi connectivity index (χ0v) is 12.8. The number of halogens is 3. The summed E-state index contributed by atoms with van der Waals surface area (Å²) in [6, 6.07) is 12.3. The number of rotatable bonds is 4. The van der Waals surface area contributed by atoms with E-state index in [4.69, 9.17) is 40.5 Å². The molecule has 2 atom stereocenters. The van der Waals surface area contributed by atoms with Gasteiger partial charge in [0.05, 0.1) is 6.10 Å². The van der Waals surface area contributed by atoms with Gasteiger partial charge in [0.15, 0.2) is 0 Å². The van der Waals surface area contributed by atoms with Crippen LogP contribution in [-0.4, -0.2) is 11.7 Å². The average Bonchev–Trinajstić information content (AvgIpc) is 2.40. The SMILES string of the molecule is NCC(c1ccccc1Cl)C(O)c1cc(Cl)cc(Cl)c1. The molecule has 0 heterocycles. The lowest BCUT2D eigenvalue weighted by molar-refractivity contribution is 0.147. The first-order chi connectivity index (χ1) is 9.52. The third-order valence-corrected chi connectivity index (χ3v) is 3.95. The van der Waals surface area contributed by atoms with Crippen LogP contribution in [0.4, 0.5) is 0 Å².